The van der Waals surface area contributed by atoms with E-state index in [1.54, 1.807) is 11.0 Å². The van der Waals surface area contributed by atoms with Gasteiger partial charge < -0.3 is 10.2 Å². The predicted molar refractivity (Wildman–Crippen MR) is 132 cm³/mol. The molecular weight excluding hydrogens is 457 g/mol. The maximum Gasteiger partial charge on any atom is 0.242 e. The van der Waals surface area contributed by atoms with Gasteiger partial charge in [-0.2, -0.15) is 0 Å². The Bertz CT molecular complexity index is 1070. The van der Waals surface area contributed by atoms with Crippen molar-refractivity contribution in [2.45, 2.75) is 52.6 Å². The van der Waals surface area contributed by atoms with Crippen molar-refractivity contribution in [2.75, 3.05) is 23.7 Å². The molecule has 0 saturated carbocycles. The van der Waals surface area contributed by atoms with Gasteiger partial charge in [0.1, 0.15) is 11.9 Å². The van der Waals surface area contributed by atoms with Crippen LogP contribution in [-0.2, 0) is 26.2 Å². The maximum atomic E-state index is 14.2. The Morgan fingerprint density at radius 1 is 1.06 bits per heavy atom. The van der Waals surface area contributed by atoms with Crippen LogP contribution < -0.4 is 9.62 Å². The molecule has 0 unspecified atom stereocenters. The number of para-hydroxylation sites is 1. The number of sulfonamides is 1. The number of aryl methyl sites for hydroxylation is 1. The zero-order chi connectivity index (χ0) is 25.3. The second-order valence-electron chi connectivity index (χ2n) is 8.22. The van der Waals surface area contributed by atoms with Gasteiger partial charge in [0.15, 0.2) is 0 Å². The van der Waals surface area contributed by atoms with Crippen LogP contribution in [0.1, 0.15) is 44.2 Å². The summed E-state index contributed by atoms with van der Waals surface area (Å²) in [6.45, 7) is 6.30. The van der Waals surface area contributed by atoms with Crippen LogP contribution in [0.4, 0.5) is 10.1 Å². The second-order valence-corrected chi connectivity index (χ2v) is 10.1. The Labute approximate surface area is 202 Å². The largest absolute Gasteiger partial charge is 0.355 e. The number of carbonyl (C=O) groups excluding carboxylic acids is 2. The highest BCUT2D eigenvalue weighted by atomic mass is 32.2. The molecular formula is C25H34FN3O4S. The average molecular weight is 492 g/mol. The number of likely N-dealkylation sites (N-methyl/N-ethyl adjacent to an activating group) is 1. The molecule has 0 radical (unpaired) electrons. The van der Waals surface area contributed by atoms with Gasteiger partial charge in [-0.3, -0.25) is 13.9 Å². The summed E-state index contributed by atoms with van der Waals surface area (Å²) in [6, 6.07) is 12.7. The lowest BCUT2D eigenvalue weighted by Gasteiger charge is -2.31. The Kier molecular flexibility index (Phi) is 10.0. The fourth-order valence-electron chi connectivity index (χ4n) is 3.74. The van der Waals surface area contributed by atoms with Gasteiger partial charge in [0.2, 0.25) is 21.8 Å². The van der Waals surface area contributed by atoms with Crippen molar-refractivity contribution in [1.29, 1.82) is 0 Å². The summed E-state index contributed by atoms with van der Waals surface area (Å²) in [5, 5.41) is 2.79. The minimum absolute atomic E-state index is 0.0161. The van der Waals surface area contributed by atoms with Crippen LogP contribution >= 0.6 is 0 Å². The number of hydrogen-bond donors (Lipinski definition) is 1. The Morgan fingerprint density at radius 2 is 1.71 bits per heavy atom. The minimum Gasteiger partial charge on any atom is -0.355 e. The third kappa shape index (κ3) is 7.55. The van der Waals surface area contributed by atoms with Crippen molar-refractivity contribution in [3.63, 3.8) is 0 Å². The second kappa shape index (κ2) is 12.5. The first-order valence-corrected chi connectivity index (χ1v) is 13.3. The van der Waals surface area contributed by atoms with E-state index in [0.29, 0.717) is 13.0 Å². The number of nitrogens with zero attached hydrogens (tertiary/aromatic N) is 2. The molecule has 0 aromatic heterocycles. The van der Waals surface area contributed by atoms with Crippen molar-refractivity contribution < 1.29 is 22.4 Å². The van der Waals surface area contributed by atoms with Crippen molar-refractivity contribution in [1.82, 2.24) is 10.2 Å². The lowest BCUT2D eigenvalue weighted by molar-refractivity contribution is -0.141. The average Bonchev–Trinajstić information content (AvgIpc) is 2.78. The van der Waals surface area contributed by atoms with Crippen LogP contribution in [0, 0.1) is 12.7 Å². The topological polar surface area (TPSA) is 86.8 Å². The molecule has 0 heterocycles. The highest BCUT2D eigenvalue weighted by Gasteiger charge is 2.28. The van der Waals surface area contributed by atoms with Crippen molar-refractivity contribution in [2.24, 2.45) is 0 Å². The zero-order valence-electron chi connectivity index (χ0n) is 20.3. The van der Waals surface area contributed by atoms with Crippen LogP contribution in [0.25, 0.3) is 0 Å². The maximum absolute atomic E-state index is 14.2. The molecule has 2 aromatic carbocycles. The summed E-state index contributed by atoms with van der Waals surface area (Å²) in [6.07, 6.45) is 1.64. The van der Waals surface area contributed by atoms with Crippen molar-refractivity contribution >= 4 is 27.5 Å². The van der Waals surface area contributed by atoms with Crippen LogP contribution in [-0.4, -0.2) is 50.5 Å². The van der Waals surface area contributed by atoms with Gasteiger partial charge >= 0.3 is 0 Å². The molecule has 1 atom stereocenters. The first-order valence-electron chi connectivity index (χ1n) is 11.4. The van der Waals surface area contributed by atoms with Crippen molar-refractivity contribution in [3.05, 3.63) is 65.5 Å². The molecule has 34 heavy (non-hydrogen) atoms. The van der Waals surface area contributed by atoms with Crippen molar-refractivity contribution in [3.8, 4) is 0 Å². The van der Waals surface area contributed by atoms with E-state index in [-0.39, 0.29) is 43.4 Å². The van der Waals surface area contributed by atoms with Crippen LogP contribution in [0.15, 0.2) is 48.5 Å². The van der Waals surface area contributed by atoms with E-state index in [9.17, 15) is 22.4 Å². The number of nitrogens with one attached hydrogen (secondary N) is 1. The molecule has 7 nitrogen and oxygen atoms in total. The fourth-order valence-corrected chi connectivity index (χ4v) is 4.70. The highest BCUT2D eigenvalue weighted by molar-refractivity contribution is 7.92. The van der Waals surface area contributed by atoms with E-state index in [1.165, 1.54) is 18.2 Å². The van der Waals surface area contributed by atoms with Crippen LogP contribution in [0.2, 0.25) is 0 Å². The van der Waals surface area contributed by atoms with Crippen LogP contribution in [0.3, 0.4) is 0 Å². The molecule has 0 bridgehead atoms. The molecule has 0 spiro atoms. The predicted octanol–water partition coefficient (Wildman–Crippen LogP) is 3.62. The number of amides is 2. The summed E-state index contributed by atoms with van der Waals surface area (Å²) in [4.78, 5) is 27.5. The number of anilines is 1. The third-order valence-corrected chi connectivity index (χ3v) is 6.66. The molecule has 186 valence electrons. The molecule has 2 aromatic rings. The molecule has 0 aliphatic rings. The van der Waals surface area contributed by atoms with Gasteiger partial charge in [-0.05, 0) is 44.4 Å². The molecule has 9 heteroatoms. The summed E-state index contributed by atoms with van der Waals surface area (Å²) < 4.78 is 39.8. The van der Waals surface area contributed by atoms with Crippen LogP contribution in [0.5, 0.6) is 0 Å². The van der Waals surface area contributed by atoms with E-state index in [2.05, 4.69) is 5.32 Å². The first-order chi connectivity index (χ1) is 16.1. The Morgan fingerprint density at radius 3 is 2.26 bits per heavy atom. The highest BCUT2D eigenvalue weighted by Crippen LogP contribution is 2.22. The number of carbonyl (C=O) groups is 2. The summed E-state index contributed by atoms with van der Waals surface area (Å²) >= 11 is 0. The number of hydrogen-bond acceptors (Lipinski definition) is 4. The lowest BCUT2D eigenvalue weighted by atomic mass is 10.1. The summed E-state index contributed by atoms with van der Waals surface area (Å²) in [5.74, 6) is -1.14. The van der Waals surface area contributed by atoms with Gasteiger partial charge in [-0.1, -0.05) is 48.9 Å². The first kappa shape index (κ1) is 27.3. The number of rotatable bonds is 12. The van der Waals surface area contributed by atoms with Gasteiger partial charge in [0.05, 0.1) is 11.9 Å². The Hall–Kier alpha value is -2.94. The summed E-state index contributed by atoms with van der Waals surface area (Å²) in [7, 11) is -3.75. The summed E-state index contributed by atoms with van der Waals surface area (Å²) in [5.41, 5.74) is 1.93. The third-order valence-electron chi connectivity index (χ3n) is 5.48. The quantitative estimate of drug-likeness (QED) is 0.491. The lowest BCUT2D eigenvalue weighted by Crippen LogP contribution is -2.49. The fraction of sp³-hybridized carbons (Fsp3) is 0.440. The zero-order valence-corrected chi connectivity index (χ0v) is 21.1. The smallest absolute Gasteiger partial charge is 0.242 e. The number of benzene rings is 2. The van der Waals surface area contributed by atoms with Gasteiger partial charge in [-0.15, -0.1) is 0 Å². The molecule has 2 rings (SSSR count). The molecule has 0 saturated heterocycles. The SMILES string of the molecule is CCNC(=O)[C@@H](CC)N(Cc1ccc(C)cc1)C(=O)CCCN(c1ccccc1F)S(C)(=O)=O. The normalized spacial score (nSPS) is 12.1. The molecule has 0 aliphatic carbocycles. The van der Waals surface area contributed by atoms with E-state index < -0.39 is 21.9 Å². The molecule has 0 fully saturated rings. The van der Waals surface area contributed by atoms with E-state index in [0.717, 1.165) is 21.7 Å². The molecule has 2 amide bonds. The van der Waals surface area contributed by atoms with E-state index in [4.69, 9.17) is 0 Å². The number of halogens is 1. The van der Waals surface area contributed by atoms with Gasteiger partial charge in [0.25, 0.3) is 0 Å². The van der Waals surface area contributed by atoms with E-state index in [1.807, 2.05) is 45.0 Å². The molecule has 0 aliphatic heterocycles. The standard InChI is InChI=1S/C25H34FN3O4S/c1-5-22(25(31)27-6-2)28(18-20-15-13-19(3)14-16-20)24(30)12-9-17-29(34(4,32)33)23-11-8-7-10-21(23)26/h7-8,10-11,13-16,22H,5-6,9,12,17-18H2,1-4H3,(H,27,31)/t22-/m1/s1. The van der Waals surface area contributed by atoms with Gasteiger partial charge in [-0.25, -0.2) is 12.8 Å². The Balaban J connectivity index is 2.20. The van der Waals surface area contributed by atoms with Gasteiger partial charge in [0, 0.05) is 26.1 Å². The van der Waals surface area contributed by atoms with E-state index >= 15 is 0 Å². The minimum atomic E-state index is -3.75. The molecule has 1 N–H and O–H groups in total. The monoisotopic (exact) mass is 491 g/mol.